The molecule has 1 atom stereocenters. The maximum atomic E-state index is 14.1. The summed E-state index contributed by atoms with van der Waals surface area (Å²) in [6, 6.07) is 3.41. The smallest absolute Gasteiger partial charge is 0.273 e. The molecule has 2 saturated heterocycles. The first-order chi connectivity index (χ1) is 16.0. The standard InChI is InChI=1S/C24H32FN5O4/c1-24(2,3)20(23(33)29-12-15(13-29)21(26)31)27-22(32)19-17-5-4-16(25)10-18(17)30(28-19)11-14-6-8-34-9-7-14/h4-5,10,14-15,20H,6-9,11-13H2,1-3H3,(H2,26,31)(H,27,32). The van der Waals surface area contributed by atoms with Crippen molar-refractivity contribution in [2.24, 2.45) is 23.0 Å². The number of amides is 3. The summed E-state index contributed by atoms with van der Waals surface area (Å²) in [5.41, 5.74) is 5.43. The molecule has 3 amide bonds. The van der Waals surface area contributed by atoms with Crippen molar-refractivity contribution in [3.63, 3.8) is 0 Å². The summed E-state index contributed by atoms with van der Waals surface area (Å²) in [7, 11) is 0. The number of carbonyl (C=O) groups is 3. The molecule has 3 heterocycles. The number of fused-ring (bicyclic) bond motifs is 1. The van der Waals surface area contributed by atoms with Crippen molar-refractivity contribution in [2.75, 3.05) is 26.3 Å². The van der Waals surface area contributed by atoms with Gasteiger partial charge in [-0.2, -0.15) is 5.10 Å². The Morgan fingerprint density at radius 2 is 1.91 bits per heavy atom. The number of rotatable bonds is 6. The van der Waals surface area contributed by atoms with E-state index < -0.39 is 29.1 Å². The van der Waals surface area contributed by atoms with E-state index in [1.54, 1.807) is 10.7 Å². The third-order valence-electron chi connectivity index (χ3n) is 6.68. The quantitative estimate of drug-likeness (QED) is 0.662. The molecule has 1 aromatic carbocycles. The van der Waals surface area contributed by atoms with Gasteiger partial charge < -0.3 is 20.7 Å². The number of nitrogens with zero attached hydrogens (tertiary/aromatic N) is 3. The molecule has 1 aromatic heterocycles. The molecule has 9 nitrogen and oxygen atoms in total. The van der Waals surface area contributed by atoms with E-state index >= 15 is 0 Å². The van der Waals surface area contributed by atoms with Crippen LogP contribution in [0.3, 0.4) is 0 Å². The summed E-state index contributed by atoms with van der Waals surface area (Å²) in [6.07, 6.45) is 1.75. The second kappa shape index (κ2) is 9.32. The minimum Gasteiger partial charge on any atom is -0.381 e. The van der Waals surface area contributed by atoms with Gasteiger partial charge in [0.1, 0.15) is 11.9 Å². The van der Waals surface area contributed by atoms with E-state index in [2.05, 4.69) is 10.4 Å². The van der Waals surface area contributed by atoms with Crippen LogP contribution in [-0.4, -0.2) is 64.7 Å². The maximum absolute atomic E-state index is 14.1. The van der Waals surface area contributed by atoms with Crippen LogP contribution in [0.4, 0.5) is 4.39 Å². The van der Waals surface area contributed by atoms with Gasteiger partial charge in [-0.25, -0.2) is 4.39 Å². The van der Waals surface area contributed by atoms with Crippen molar-refractivity contribution in [1.82, 2.24) is 20.0 Å². The fourth-order valence-electron chi connectivity index (χ4n) is 4.50. The number of halogens is 1. The van der Waals surface area contributed by atoms with E-state index in [4.69, 9.17) is 10.5 Å². The molecular formula is C24H32FN5O4. The monoisotopic (exact) mass is 473 g/mol. The molecule has 2 aromatic rings. The van der Waals surface area contributed by atoms with Crippen LogP contribution >= 0.6 is 0 Å². The Balaban J connectivity index is 1.58. The third-order valence-corrected chi connectivity index (χ3v) is 6.68. The highest BCUT2D eigenvalue weighted by Crippen LogP contribution is 2.27. The summed E-state index contributed by atoms with van der Waals surface area (Å²) in [5, 5.41) is 7.93. The van der Waals surface area contributed by atoms with Gasteiger partial charge in [-0.1, -0.05) is 20.8 Å². The molecule has 0 spiro atoms. The molecule has 2 fully saturated rings. The first-order valence-electron chi connectivity index (χ1n) is 11.7. The molecule has 0 saturated carbocycles. The first kappa shape index (κ1) is 24.1. The molecule has 0 bridgehead atoms. The Kier molecular flexibility index (Phi) is 6.62. The Bertz CT molecular complexity index is 1100. The Morgan fingerprint density at radius 1 is 1.24 bits per heavy atom. The van der Waals surface area contributed by atoms with Gasteiger partial charge in [-0.3, -0.25) is 19.1 Å². The largest absolute Gasteiger partial charge is 0.381 e. The number of aromatic nitrogens is 2. The first-order valence-corrected chi connectivity index (χ1v) is 11.7. The van der Waals surface area contributed by atoms with E-state index in [0.717, 1.165) is 12.8 Å². The van der Waals surface area contributed by atoms with Crippen LogP contribution in [0.5, 0.6) is 0 Å². The summed E-state index contributed by atoms with van der Waals surface area (Å²) in [5.74, 6) is -1.64. The van der Waals surface area contributed by atoms with Crippen LogP contribution < -0.4 is 11.1 Å². The lowest BCUT2D eigenvalue weighted by Gasteiger charge is -2.42. The maximum Gasteiger partial charge on any atom is 0.273 e. The predicted octanol–water partition coefficient (Wildman–Crippen LogP) is 1.69. The molecule has 184 valence electrons. The zero-order chi connectivity index (χ0) is 24.6. The molecule has 0 radical (unpaired) electrons. The number of primary amides is 1. The fourth-order valence-corrected chi connectivity index (χ4v) is 4.50. The Morgan fingerprint density at radius 3 is 2.53 bits per heavy atom. The van der Waals surface area contributed by atoms with E-state index in [1.807, 2.05) is 20.8 Å². The van der Waals surface area contributed by atoms with Crippen molar-refractivity contribution < 1.29 is 23.5 Å². The molecule has 3 N–H and O–H groups in total. The number of carbonyl (C=O) groups excluding carboxylic acids is 3. The zero-order valence-corrected chi connectivity index (χ0v) is 19.8. The average Bonchev–Trinajstić information content (AvgIpc) is 3.08. The van der Waals surface area contributed by atoms with Gasteiger partial charge in [0.15, 0.2) is 5.69 Å². The number of nitrogens with one attached hydrogen (secondary N) is 1. The van der Waals surface area contributed by atoms with Crippen molar-refractivity contribution in [3.05, 3.63) is 29.7 Å². The number of benzene rings is 1. The summed E-state index contributed by atoms with van der Waals surface area (Å²) >= 11 is 0. The van der Waals surface area contributed by atoms with E-state index in [0.29, 0.717) is 36.6 Å². The molecule has 2 aliphatic rings. The lowest BCUT2D eigenvalue weighted by Crippen LogP contribution is -2.62. The fraction of sp³-hybridized carbons (Fsp3) is 0.583. The van der Waals surface area contributed by atoms with E-state index in [-0.39, 0.29) is 30.6 Å². The van der Waals surface area contributed by atoms with Gasteiger partial charge in [0, 0.05) is 38.2 Å². The molecule has 4 rings (SSSR count). The molecule has 34 heavy (non-hydrogen) atoms. The third kappa shape index (κ3) is 4.91. The minimum atomic E-state index is -0.829. The highest BCUT2D eigenvalue weighted by molar-refractivity contribution is 6.06. The molecule has 1 unspecified atom stereocenters. The van der Waals surface area contributed by atoms with Crippen molar-refractivity contribution in [3.8, 4) is 0 Å². The highest BCUT2D eigenvalue weighted by Gasteiger charge is 2.42. The van der Waals surface area contributed by atoms with Crippen LogP contribution in [0, 0.1) is 23.1 Å². The van der Waals surface area contributed by atoms with Crippen LogP contribution in [-0.2, 0) is 20.9 Å². The van der Waals surface area contributed by atoms with E-state index in [1.165, 1.54) is 17.0 Å². The van der Waals surface area contributed by atoms with Crippen molar-refractivity contribution in [1.29, 1.82) is 0 Å². The topological polar surface area (TPSA) is 120 Å². The number of hydrogen-bond acceptors (Lipinski definition) is 5. The normalized spacial score (nSPS) is 18.5. The number of nitrogens with two attached hydrogens (primary N) is 1. The molecular weight excluding hydrogens is 441 g/mol. The van der Waals surface area contributed by atoms with Crippen molar-refractivity contribution >= 4 is 28.6 Å². The van der Waals surface area contributed by atoms with Gasteiger partial charge in [-0.05, 0) is 42.4 Å². The van der Waals surface area contributed by atoms with E-state index in [9.17, 15) is 18.8 Å². The molecule has 10 heteroatoms. The summed E-state index contributed by atoms with van der Waals surface area (Å²) in [6.45, 7) is 7.98. The second-order valence-electron chi connectivity index (χ2n) is 10.4. The number of likely N-dealkylation sites (tertiary alicyclic amines) is 1. The van der Waals surface area contributed by atoms with Gasteiger partial charge in [0.2, 0.25) is 11.8 Å². The van der Waals surface area contributed by atoms with Crippen LogP contribution in [0.2, 0.25) is 0 Å². The van der Waals surface area contributed by atoms with Gasteiger partial charge >= 0.3 is 0 Å². The van der Waals surface area contributed by atoms with Crippen LogP contribution in [0.1, 0.15) is 44.1 Å². The minimum absolute atomic E-state index is 0.155. The van der Waals surface area contributed by atoms with Crippen LogP contribution in [0.25, 0.3) is 10.9 Å². The van der Waals surface area contributed by atoms with Crippen molar-refractivity contribution in [2.45, 2.75) is 46.2 Å². The lowest BCUT2D eigenvalue weighted by atomic mass is 9.84. The average molecular weight is 474 g/mol. The lowest BCUT2D eigenvalue weighted by molar-refractivity contribution is -0.145. The highest BCUT2D eigenvalue weighted by atomic mass is 19.1. The van der Waals surface area contributed by atoms with Gasteiger partial charge in [0.25, 0.3) is 5.91 Å². The molecule has 2 aliphatic heterocycles. The summed E-state index contributed by atoms with van der Waals surface area (Å²) in [4.78, 5) is 39.4. The van der Waals surface area contributed by atoms with Gasteiger partial charge in [0.05, 0.1) is 11.4 Å². The Labute approximate surface area is 197 Å². The predicted molar refractivity (Wildman–Crippen MR) is 123 cm³/mol. The molecule has 0 aliphatic carbocycles. The summed E-state index contributed by atoms with van der Waals surface area (Å²) < 4.78 is 21.2. The number of hydrogen-bond donors (Lipinski definition) is 2. The second-order valence-corrected chi connectivity index (χ2v) is 10.4. The van der Waals surface area contributed by atoms with Gasteiger partial charge in [-0.15, -0.1) is 0 Å². The van der Waals surface area contributed by atoms with Crippen LogP contribution in [0.15, 0.2) is 18.2 Å². The Hall–Kier alpha value is -3.01. The SMILES string of the molecule is CC(C)(C)C(NC(=O)c1nn(CC2CCOCC2)c2cc(F)ccc12)C(=O)N1CC(C(N)=O)C1. The number of ether oxygens (including phenoxy) is 1. The zero-order valence-electron chi connectivity index (χ0n) is 19.8.